The number of hydrogen-bond donors (Lipinski definition) is 1. The van der Waals surface area contributed by atoms with Gasteiger partial charge >= 0.3 is 0 Å². The maximum absolute atomic E-state index is 13.5. The predicted molar refractivity (Wildman–Crippen MR) is 136 cm³/mol. The lowest BCUT2D eigenvalue weighted by molar-refractivity contribution is 0.102. The van der Waals surface area contributed by atoms with E-state index >= 15 is 0 Å². The molecule has 0 aromatic heterocycles. The van der Waals surface area contributed by atoms with Crippen molar-refractivity contribution in [2.24, 2.45) is 0 Å². The Balaban J connectivity index is 2.02. The Kier molecular flexibility index (Phi) is 8.45. The number of carbonyl (C=O) groups is 1. The number of rotatable bonds is 10. The van der Waals surface area contributed by atoms with Crippen molar-refractivity contribution >= 4 is 23.7 Å². The summed E-state index contributed by atoms with van der Waals surface area (Å²) < 4.78 is 32.3. The van der Waals surface area contributed by atoms with Crippen LogP contribution in [-0.4, -0.2) is 48.6 Å². The molecule has 3 aromatic rings. The van der Waals surface area contributed by atoms with Gasteiger partial charge in [0.1, 0.15) is 17.2 Å². The van der Waals surface area contributed by atoms with E-state index in [1.54, 1.807) is 38.5 Å². The zero-order chi connectivity index (χ0) is 25.4. The van der Waals surface area contributed by atoms with Crippen molar-refractivity contribution in [3.8, 4) is 34.5 Å². The molecular formula is C27H29NO7. The molecule has 3 rings (SSSR count). The highest BCUT2D eigenvalue weighted by Gasteiger charge is 2.20. The number of ether oxygens (including phenoxy) is 6. The van der Waals surface area contributed by atoms with E-state index in [1.165, 1.54) is 28.4 Å². The van der Waals surface area contributed by atoms with Crippen LogP contribution in [0.25, 0.3) is 12.2 Å². The van der Waals surface area contributed by atoms with E-state index in [2.05, 4.69) is 5.32 Å². The molecule has 0 saturated carbocycles. The maximum Gasteiger partial charge on any atom is 0.260 e. The predicted octanol–water partition coefficient (Wildman–Crippen LogP) is 5.16. The largest absolute Gasteiger partial charge is 0.497 e. The average Bonchev–Trinajstić information content (AvgIpc) is 2.90. The number of benzene rings is 3. The highest BCUT2D eigenvalue weighted by atomic mass is 16.5. The second-order valence-corrected chi connectivity index (χ2v) is 7.27. The van der Waals surface area contributed by atoms with Crippen molar-refractivity contribution in [2.45, 2.75) is 0 Å². The topological polar surface area (TPSA) is 84.5 Å². The summed E-state index contributed by atoms with van der Waals surface area (Å²) >= 11 is 0. The smallest absolute Gasteiger partial charge is 0.260 e. The molecule has 8 heteroatoms. The first-order valence-electron chi connectivity index (χ1n) is 10.7. The third-order valence-corrected chi connectivity index (χ3v) is 5.28. The maximum atomic E-state index is 13.5. The lowest BCUT2D eigenvalue weighted by Gasteiger charge is -2.17. The Morgan fingerprint density at radius 3 is 1.77 bits per heavy atom. The molecule has 184 valence electrons. The van der Waals surface area contributed by atoms with Crippen LogP contribution < -0.4 is 33.7 Å². The molecule has 1 N–H and O–H groups in total. The number of anilines is 1. The molecular weight excluding hydrogens is 450 g/mol. The first-order chi connectivity index (χ1) is 17.0. The summed E-state index contributed by atoms with van der Waals surface area (Å²) in [5.41, 5.74) is 2.35. The van der Waals surface area contributed by atoms with Gasteiger partial charge in [-0.1, -0.05) is 24.3 Å². The van der Waals surface area contributed by atoms with E-state index in [-0.39, 0.29) is 5.91 Å². The van der Waals surface area contributed by atoms with E-state index in [0.29, 0.717) is 45.6 Å². The molecule has 8 nitrogen and oxygen atoms in total. The number of amides is 1. The average molecular weight is 480 g/mol. The van der Waals surface area contributed by atoms with Crippen LogP contribution in [0.5, 0.6) is 34.5 Å². The van der Waals surface area contributed by atoms with Gasteiger partial charge in [0.25, 0.3) is 5.91 Å². The quantitative estimate of drug-likeness (QED) is 0.402. The standard InChI is InChI=1S/C27H29NO7/c1-30-20-11-8-17(9-12-20)7-10-18-13-21(31-2)16-22(32-3)25(18)27(29)28-19-14-23(33-4)26(35-6)24(15-19)34-5/h7-16H,1-6H3,(H,28,29)/b10-7+. The van der Waals surface area contributed by atoms with Gasteiger partial charge in [0.15, 0.2) is 11.5 Å². The molecule has 0 atom stereocenters. The van der Waals surface area contributed by atoms with Crippen LogP contribution in [0, 0.1) is 0 Å². The van der Waals surface area contributed by atoms with Crippen molar-refractivity contribution in [2.75, 3.05) is 48.0 Å². The molecule has 1 amide bonds. The first-order valence-corrected chi connectivity index (χ1v) is 10.7. The van der Waals surface area contributed by atoms with Gasteiger partial charge in [0.2, 0.25) is 5.75 Å². The van der Waals surface area contributed by atoms with E-state index in [0.717, 1.165) is 11.3 Å². The van der Waals surface area contributed by atoms with E-state index in [9.17, 15) is 4.79 Å². The van der Waals surface area contributed by atoms with Crippen LogP contribution >= 0.6 is 0 Å². The van der Waals surface area contributed by atoms with Gasteiger partial charge in [0.05, 0.1) is 48.2 Å². The number of methoxy groups -OCH3 is 6. The monoisotopic (exact) mass is 479 g/mol. The van der Waals surface area contributed by atoms with Gasteiger partial charge in [0, 0.05) is 23.9 Å². The number of hydrogen-bond acceptors (Lipinski definition) is 7. The molecule has 0 spiro atoms. The fourth-order valence-corrected chi connectivity index (χ4v) is 3.51. The SMILES string of the molecule is COc1ccc(/C=C/c2cc(OC)cc(OC)c2C(=O)Nc2cc(OC)c(OC)c(OC)c2)cc1. The summed E-state index contributed by atoms with van der Waals surface area (Å²) in [7, 11) is 9.22. The zero-order valence-electron chi connectivity index (χ0n) is 20.6. The molecule has 0 saturated heterocycles. The summed E-state index contributed by atoms with van der Waals surface area (Å²) in [5, 5.41) is 2.90. The van der Waals surface area contributed by atoms with Gasteiger partial charge in [-0.05, 0) is 29.3 Å². The van der Waals surface area contributed by atoms with Gasteiger partial charge in [-0.15, -0.1) is 0 Å². The van der Waals surface area contributed by atoms with E-state index in [1.807, 2.05) is 36.4 Å². The van der Waals surface area contributed by atoms with Crippen LogP contribution in [0.15, 0.2) is 48.5 Å². The van der Waals surface area contributed by atoms with Crippen molar-refractivity contribution < 1.29 is 33.2 Å². The molecule has 0 aliphatic rings. The van der Waals surface area contributed by atoms with Crippen molar-refractivity contribution in [3.63, 3.8) is 0 Å². The molecule has 35 heavy (non-hydrogen) atoms. The van der Waals surface area contributed by atoms with Gasteiger partial charge in [-0.25, -0.2) is 0 Å². The fraction of sp³-hybridized carbons (Fsp3) is 0.222. The second-order valence-electron chi connectivity index (χ2n) is 7.27. The minimum Gasteiger partial charge on any atom is -0.497 e. The highest BCUT2D eigenvalue weighted by molar-refractivity contribution is 6.09. The molecule has 0 heterocycles. The normalized spacial score (nSPS) is 10.6. The van der Waals surface area contributed by atoms with Crippen LogP contribution in [0.1, 0.15) is 21.5 Å². The Labute approximate surface area is 205 Å². The zero-order valence-corrected chi connectivity index (χ0v) is 20.6. The number of carbonyl (C=O) groups excluding carboxylic acids is 1. The summed E-state index contributed by atoms with van der Waals surface area (Å²) in [4.78, 5) is 13.5. The Morgan fingerprint density at radius 1 is 0.657 bits per heavy atom. The molecule has 0 aliphatic heterocycles. The van der Waals surface area contributed by atoms with E-state index in [4.69, 9.17) is 28.4 Å². The molecule has 0 aliphatic carbocycles. The summed E-state index contributed by atoms with van der Waals surface area (Å²) in [5.74, 6) is 2.57. The third-order valence-electron chi connectivity index (χ3n) is 5.28. The second kappa shape index (κ2) is 11.7. The van der Waals surface area contributed by atoms with Crippen LogP contribution in [0.2, 0.25) is 0 Å². The highest BCUT2D eigenvalue weighted by Crippen LogP contribution is 2.40. The van der Waals surface area contributed by atoms with Gasteiger partial charge < -0.3 is 33.7 Å². The molecule has 0 bridgehead atoms. The molecule has 3 aromatic carbocycles. The van der Waals surface area contributed by atoms with Gasteiger partial charge in [-0.2, -0.15) is 0 Å². The molecule has 0 unspecified atom stereocenters. The Bertz CT molecular complexity index is 1180. The summed E-state index contributed by atoms with van der Waals surface area (Å²) in [6.07, 6.45) is 3.72. The van der Waals surface area contributed by atoms with Gasteiger partial charge in [-0.3, -0.25) is 4.79 Å². The third kappa shape index (κ3) is 5.78. The van der Waals surface area contributed by atoms with E-state index < -0.39 is 0 Å². The van der Waals surface area contributed by atoms with Crippen molar-refractivity contribution in [1.82, 2.24) is 0 Å². The van der Waals surface area contributed by atoms with Crippen LogP contribution in [0.3, 0.4) is 0 Å². The molecule has 0 radical (unpaired) electrons. The minimum absolute atomic E-state index is 0.340. The first kappa shape index (κ1) is 25.3. The van der Waals surface area contributed by atoms with Crippen LogP contribution in [0.4, 0.5) is 5.69 Å². The van der Waals surface area contributed by atoms with Crippen molar-refractivity contribution in [3.05, 3.63) is 65.2 Å². The van der Waals surface area contributed by atoms with Crippen molar-refractivity contribution in [1.29, 1.82) is 0 Å². The van der Waals surface area contributed by atoms with Crippen LogP contribution in [-0.2, 0) is 0 Å². The summed E-state index contributed by atoms with van der Waals surface area (Å²) in [6.45, 7) is 0. The number of nitrogens with one attached hydrogen (secondary N) is 1. The molecule has 0 fully saturated rings. The lowest BCUT2D eigenvalue weighted by atomic mass is 10.0. The minimum atomic E-state index is -0.381. The fourth-order valence-electron chi connectivity index (χ4n) is 3.51. The summed E-state index contributed by atoms with van der Waals surface area (Å²) in [6, 6.07) is 14.3. The Morgan fingerprint density at radius 2 is 1.26 bits per heavy atom. The lowest BCUT2D eigenvalue weighted by Crippen LogP contribution is -2.15. The Hall–Kier alpha value is -4.33.